The van der Waals surface area contributed by atoms with Crippen molar-refractivity contribution >= 4 is 11.8 Å². The van der Waals surface area contributed by atoms with E-state index >= 15 is 0 Å². The van der Waals surface area contributed by atoms with Gasteiger partial charge >= 0.3 is 5.97 Å². The Bertz CT molecular complexity index is 555. The number of nitrogens with one attached hydrogen (secondary N) is 1. The van der Waals surface area contributed by atoms with Gasteiger partial charge in [-0.25, -0.2) is 14.8 Å². The number of aromatic nitrogens is 2. The Labute approximate surface area is 117 Å². The summed E-state index contributed by atoms with van der Waals surface area (Å²) in [6, 6.07) is 10.4. The van der Waals surface area contributed by atoms with E-state index in [1.165, 1.54) is 18.0 Å². The summed E-state index contributed by atoms with van der Waals surface area (Å²) in [5.41, 5.74) is 1.20. The van der Waals surface area contributed by atoms with Crippen LogP contribution in [0.25, 0.3) is 0 Å². The zero-order valence-electron chi connectivity index (χ0n) is 11.3. The predicted octanol–water partition coefficient (Wildman–Crippen LogP) is 2.61. The molecule has 2 N–H and O–H groups in total. The Kier molecular flexibility index (Phi) is 4.65. The summed E-state index contributed by atoms with van der Waals surface area (Å²) in [6.45, 7) is 2.10. The monoisotopic (exact) mass is 271 g/mol. The SMILES string of the molecule is CCC(Cc1ccccc1)Nc1cnc(C(=O)O)cn1. The molecule has 0 aliphatic carbocycles. The van der Waals surface area contributed by atoms with Crippen molar-refractivity contribution in [2.75, 3.05) is 5.32 Å². The molecule has 104 valence electrons. The number of carboxylic acid groups (broad SMARTS) is 1. The molecule has 1 atom stereocenters. The van der Waals surface area contributed by atoms with Crippen molar-refractivity contribution in [1.82, 2.24) is 9.97 Å². The first-order valence-corrected chi connectivity index (χ1v) is 6.55. The van der Waals surface area contributed by atoms with Gasteiger partial charge in [-0.15, -0.1) is 0 Å². The minimum absolute atomic E-state index is 0.0494. The molecule has 1 aromatic carbocycles. The van der Waals surface area contributed by atoms with Gasteiger partial charge in [0, 0.05) is 6.04 Å². The summed E-state index contributed by atoms with van der Waals surface area (Å²) in [5.74, 6) is -0.474. The molecule has 5 nitrogen and oxygen atoms in total. The van der Waals surface area contributed by atoms with E-state index in [-0.39, 0.29) is 11.7 Å². The van der Waals surface area contributed by atoms with Crippen LogP contribution in [0.1, 0.15) is 29.4 Å². The molecule has 0 aliphatic heterocycles. The highest BCUT2D eigenvalue weighted by Crippen LogP contribution is 2.11. The van der Waals surface area contributed by atoms with Crippen LogP contribution in [0.2, 0.25) is 0 Å². The van der Waals surface area contributed by atoms with Crippen LogP contribution >= 0.6 is 0 Å². The average Bonchev–Trinajstić information content (AvgIpc) is 2.48. The van der Waals surface area contributed by atoms with E-state index in [1.54, 1.807) is 0 Å². The van der Waals surface area contributed by atoms with Crippen LogP contribution in [0, 0.1) is 0 Å². The maximum Gasteiger partial charge on any atom is 0.356 e. The minimum atomic E-state index is -1.07. The molecule has 0 amide bonds. The van der Waals surface area contributed by atoms with Crippen molar-refractivity contribution in [1.29, 1.82) is 0 Å². The predicted molar refractivity (Wildman–Crippen MR) is 76.8 cm³/mol. The fraction of sp³-hybridized carbons (Fsp3) is 0.267. The Morgan fingerprint density at radius 2 is 2.00 bits per heavy atom. The highest BCUT2D eigenvalue weighted by molar-refractivity contribution is 5.84. The summed E-state index contributed by atoms with van der Waals surface area (Å²) < 4.78 is 0. The highest BCUT2D eigenvalue weighted by Gasteiger charge is 2.09. The average molecular weight is 271 g/mol. The van der Waals surface area contributed by atoms with Gasteiger partial charge in [-0.2, -0.15) is 0 Å². The third-order valence-corrected chi connectivity index (χ3v) is 3.04. The van der Waals surface area contributed by atoms with Crippen LogP contribution in [0.5, 0.6) is 0 Å². The van der Waals surface area contributed by atoms with Crippen molar-refractivity contribution < 1.29 is 9.90 Å². The van der Waals surface area contributed by atoms with E-state index in [1.807, 2.05) is 18.2 Å². The number of rotatable bonds is 6. The zero-order chi connectivity index (χ0) is 14.4. The molecule has 2 aromatic rings. The summed E-state index contributed by atoms with van der Waals surface area (Å²) in [7, 11) is 0. The third kappa shape index (κ3) is 3.78. The minimum Gasteiger partial charge on any atom is -0.476 e. The van der Waals surface area contributed by atoms with Gasteiger partial charge in [0.05, 0.1) is 12.4 Å². The molecular formula is C15H17N3O2. The van der Waals surface area contributed by atoms with Gasteiger partial charge in [-0.3, -0.25) is 0 Å². The Morgan fingerprint density at radius 1 is 1.25 bits per heavy atom. The molecule has 0 aliphatic rings. The lowest BCUT2D eigenvalue weighted by molar-refractivity contribution is 0.0690. The van der Waals surface area contributed by atoms with Gasteiger partial charge < -0.3 is 10.4 Å². The number of benzene rings is 1. The van der Waals surface area contributed by atoms with Gasteiger partial charge in [0.1, 0.15) is 5.82 Å². The highest BCUT2D eigenvalue weighted by atomic mass is 16.4. The standard InChI is InChI=1S/C15H17N3O2/c1-2-12(8-11-6-4-3-5-7-11)18-14-10-16-13(9-17-14)15(19)20/h3-7,9-10,12H,2,8H2,1H3,(H,17,18)(H,19,20). The van der Waals surface area contributed by atoms with Crippen LogP contribution in [0.3, 0.4) is 0 Å². The lowest BCUT2D eigenvalue weighted by Gasteiger charge is -2.17. The molecule has 0 radical (unpaired) electrons. The second kappa shape index (κ2) is 6.65. The van der Waals surface area contributed by atoms with Crippen LogP contribution in [-0.2, 0) is 6.42 Å². The van der Waals surface area contributed by atoms with Gasteiger partial charge in [0.15, 0.2) is 5.69 Å². The second-order valence-electron chi connectivity index (χ2n) is 4.53. The lowest BCUT2D eigenvalue weighted by Crippen LogP contribution is -2.22. The largest absolute Gasteiger partial charge is 0.476 e. The van der Waals surface area contributed by atoms with Crippen LogP contribution in [0.4, 0.5) is 5.82 Å². The van der Waals surface area contributed by atoms with Crippen molar-refractivity contribution in [2.24, 2.45) is 0 Å². The van der Waals surface area contributed by atoms with Gasteiger partial charge in [0.2, 0.25) is 0 Å². The van der Waals surface area contributed by atoms with Crippen molar-refractivity contribution in [3.8, 4) is 0 Å². The topological polar surface area (TPSA) is 75.1 Å². The maximum atomic E-state index is 10.7. The smallest absolute Gasteiger partial charge is 0.356 e. The maximum absolute atomic E-state index is 10.7. The molecule has 1 heterocycles. The van der Waals surface area contributed by atoms with Crippen molar-refractivity contribution in [2.45, 2.75) is 25.8 Å². The summed E-state index contributed by atoms with van der Waals surface area (Å²) in [5, 5.41) is 12.1. The zero-order valence-corrected chi connectivity index (χ0v) is 11.3. The normalized spacial score (nSPS) is 11.8. The molecule has 0 bridgehead atoms. The van der Waals surface area contributed by atoms with E-state index in [2.05, 4.69) is 34.3 Å². The van der Waals surface area contributed by atoms with Crippen molar-refractivity contribution in [3.05, 3.63) is 54.0 Å². The van der Waals surface area contributed by atoms with Crippen LogP contribution in [0.15, 0.2) is 42.7 Å². The van der Waals surface area contributed by atoms with Gasteiger partial charge in [0.25, 0.3) is 0 Å². The summed E-state index contributed by atoms with van der Waals surface area (Å²) in [6.07, 6.45) is 4.55. The number of carbonyl (C=O) groups is 1. The van der Waals surface area contributed by atoms with Crippen LogP contribution in [-0.4, -0.2) is 27.1 Å². The molecule has 0 saturated carbocycles. The molecule has 20 heavy (non-hydrogen) atoms. The van der Waals surface area contributed by atoms with E-state index < -0.39 is 5.97 Å². The number of anilines is 1. The molecule has 0 spiro atoms. The molecule has 1 aromatic heterocycles. The van der Waals surface area contributed by atoms with Gasteiger partial charge in [-0.05, 0) is 18.4 Å². The number of hydrogen-bond acceptors (Lipinski definition) is 4. The first-order chi connectivity index (χ1) is 9.69. The molecule has 1 unspecified atom stereocenters. The van der Waals surface area contributed by atoms with E-state index in [0.717, 1.165) is 12.8 Å². The number of carboxylic acids is 1. The third-order valence-electron chi connectivity index (χ3n) is 3.04. The fourth-order valence-corrected chi connectivity index (χ4v) is 1.92. The Hall–Kier alpha value is -2.43. The van der Waals surface area contributed by atoms with Crippen molar-refractivity contribution in [3.63, 3.8) is 0 Å². The molecule has 0 fully saturated rings. The quantitative estimate of drug-likeness (QED) is 0.844. The molecular weight excluding hydrogens is 254 g/mol. The molecule has 2 rings (SSSR count). The number of aromatic carboxylic acids is 1. The van der Waals surface area contributed by atoms with E-state index in [0.29, 0.717) is 5.82 Å². The fourth-order valence-electron chi connectivity index (χ4n) is 1.92. The summed E-state index contributed by atoms with van der Waals surface area (Å²) in [4.78, 5) is 18.6. The van der Waals surface area contributed by atoms with E-state index in [9.17, 15) is 4.79 Å². The molecule has 5 heteroatoms. The summed E-state index contributed by atoms with van der Waals surface area (Å²) >= 11 is 0. The Morgan fingerprint density at radius 3 is 2.55 bits per heavy atom. The first kappa shape index (κ1) is 14.0. The lowest BCUT2D eigenvalue weighted by atomic mass is 10.0. The first-order valence-electron chi connectivity index (χ1n) is 6.55. The van der Waals surface area contributed by atoms with Gasteiger partial charge in [-0.1, -0.05) is 37.3 Å². The number of nitrogens with zero attached hydrogens (tertiary/aromatic N) is 2. The Balaban J connectivity index is 2.01. The second-order valence-corrected chi connectivity index (χ2v) is 4.53. The van der Waals surface area contributed by atoms with Crippen LogP contribution < -0.4 is 5.32 Å². The number of hydrogen-bond donors (Lipinski definition) is 2. The van der Waals surface area contributed by atoms with E-state index in [4.69, 9.17) is 5.11 Å². The molecule has 0 saturated heterocycles.